The molecule has 2 aliphatic carbocycles. The van der Waals surface area contributed by atoms with Gasteiger partial charge in [0.05, 0.1) is 18.5 Å². The molecule has 2 fully saturated rings. The molecule has 1 aromatic rings. The van der Waals surface area contributed by atoms with Crippen LogP contribution in [0.25, 0.3) is 0 Å². The van der Waals surface area contributed by atoms with Gasteiger partial charge in [0.15, 0.2) is 0 Å². The first-order chi connectivity index (χ1) is 18.1. The van der Waals surface area contributed by atoms with E-state index >= 15 is 0 Å². The number of hydrogen-bond donors (Lipinski definition) is 1. The highest BCUT2D eigenvalue weighted by atomic mass is 16.5. The quantitative estimate of drug-likeness (QED) is 0.166. The maximum Gasteiger partial charge on any atom is 0.118 e. The monoisotopic (exact) mass is 514 g/mol. The fourth-order valence-corrected chi connectivity index (χ4v) is 6.49. The Morgan fingerprint density at radius 3 is 2.14 bits per heavy atom. The van der Waals surface area contributed by atoms with E-state index < -0.39 is 0 Å². The van der Waals surface area contributed by atoms with Gasteiger partial charge < -0.3 is 14.6 Å². The molecule has 1 aromatic carbocycles. The van der Waals surface area contributed by atoms with Gasteiger partial charge in [-0.3, -0.25) is 0 Å². The maximum atomic E-state index is 10.1. The minimum Gasteiger partial charge on any atom is -0.512 e. The summed E-state index contributed by atoms with van der Waals surface area (Å²) in [5.41, 5.74) is 2.72. The Morgan fingerprint density at radius 1 is 0.865 bits per heavy atom. The van der Waals surface area contributed by atoms with Crippen molar-refractivity contribution in [2.24, 2.45) is 11.8 Å². The SMILES string of the molecule is CC.CCCC(CCc1ccc(OC)cc1)(CCC1CCC[C@@H]1CCCCCCC(O)=C1CCC1)OC. The molecule has 2 unspecified atom stereocenters. The van der Waals surface area contributed by atoms with Crippen molar-refractivity contribution in [3.8, 4) is 5.75 Å². The van der Waals surface area contributed by atoms with Crippen molar-refractivity contribution in [2.45, 2.75) is 142 Å². The topological polar surface area (TPSA) is 38.7 Å². The van der Waals surface area contributed by atoms with Crippen LogP contribution < -0.4 is 4.74 Å². The highest BCUT2D eigenvalue weighted by Crippen LogP contribution is 2.41. The lowest BCUT2D eigenvalue weighted by Crippen LogP contribution is -2.33. The van der Waals surface area contributed by atoms with Crippen molar-refractivity contribution in [3.63, 3.8) is 0 Å². The predicted octanol–water partition coefficient (Wildman–Crippen LogP) is 10.4. The van der Waals surface area contributed by atoms with E-state index in [1.54, 1.807) is 7.11 Å². The molecule has 1 N–H and O–H groups in total. The number of aliphatic hydroxyl groups is 1. The smallest absolute Gasteiger partial charge is 0.118 e. The second-order valence-electron chi connectivity index (χ2n) is 11.3. The number of aryl methyl sites for hydroxylation is 1. The largest absolute Gasteiger partial charge is 0.512 e. The van der Waals surface area contributed by atoms with Crippen molar-refractivity contribution in [1.82, 2.24) is 0 Å². The average molecular weight is 515 g/mol. The molecule has 3 nitrogen and oxygen atoms in total. The molecule has 2 saturated carbocycles. The number of ether oxygens (including phenoxy) is 2. The van der Waals surface area contributed by atoms with E-state index in [-0.39, 0.29) is 5.60 Å². The Balaban J connectivity index is 0.00000235. The minimum absolute atomic E-state index is 0.0127. The summed E-state index contributed by atoms with van der Waals surface area (Å²) in [5.74, 6) is 3.44. The van der Waals surface area contributed by atoms with Gasteiger partial charge in [-0.05, 0) is 92.9 Å². The molecule has 212 valence electrons. The van der Waals surface area contributed by atoms with Gasteiger partial charge in [0.1, 0.15) is 5.75 Å². The van der Waals surface area contributed by atoms with Crippen molar-refractivity contribution >= 4 is 0 Å². The van der Waals surface area contributed by atoms with Crippen LogP contribution in [0.5, 0.6) is 5.75 Å². The molecule has 2 aliphatic rings. The van der Waals surface area contributed by atoms with E-state index in [2.05, 4.69) is 31.2 Å². The van der Waals surface area contributed by atoms with Gasteiger partial charge in [-0.25, -0.2) is 0 Å². The van der Waals surface area contributed by atoms with Gasteiger partial charge in [0, 0.05) is 13.5 Å². The standard InChI is InChI=1S/C32H52O3.C2H6/c1-4-23-32(35-3,24-21-26-17-19-30(34-2)20-18-26)25-22-28-13-9-12-27(28)11-7-5-6-8-16-31(33)29-14-10-15-29;1-2/h17-20,27-28,33H,4-16,21-25H2,1-3H3;1-2H3/t27-,28?,32?;/m0./s1. The second kappa shape index (κ2) is 17.9. The molecule has 0 heterocycles. The number of unbranched alkanes of at least 4 members (excludes halogenated alkanes) is 3. The molecular formula is C34H58O3. The van der Waals surface area contributed by atoms with Crippen LogP contribution in [0.2, 0.25) is 0 Å². The van der Waals surface area contributed by atoms with Gasteiger partial charge >= 0.3 is 0 Å². The third-order valence-corrected chi connectivity index (χ3v) is 9.06. The Kier molecular flexibility index (Phi) is 15.4. The normalized spacial score (nSPS) is 20.5. The second-order valence-corrected chi connectivity index (χ2v) is 11.3. The molecule has 0 amide bonds. The first-order valence-corrected chi connectivity index (χ1v) is 15.7. The van der Waals surface area contributed by atoms with Gasteiger partial charge in [-0.15, -0.1) is 0 Å². The highest BCUT2D eigenvalue weighted by Gasteiger charge is 2.33. The van der Waals surface area contributed by atoms with E-state index in [4.69, 9.17) is 9.47 Å². The first-order valence-electron chi connectivity index (χ1n) is 15.7. The zero-order valence-electron chi connectivity index (χ0n) is 25.0. The highest BCUT2D eigenvalue weighted by molar-refractivity contribution is 5.27. The zero-order valence-corrected chi connectivity index (χ0v) is 25.0. The predicted molar refractivity (Wildman–Crippen MR) is 159 cm³/mol. The summed E-state index contributed by atoms with van der Waals surface area (Å²) < 4.78 is 11.6. The summed E-state index contributed by atoms with van der Waals surface area (Å²) in [7, 11) is 3.66. The van der Waals surface area contributed by atoms with Crippen LogP contribution in [0.3, 0.4) is 0 Å². The molecule has 0 spiro atoms. The van der Waals surface area contributed by atoms with Crippen LogP contribution in [-0.2, 0) is 11.2 Å². The van der Waals surface area contributed by atoms with E-state index in [0.29, 0.717) is 5.76 Å². The fraction of sp³-hybridized carbons (Fsp3) is 0.765. The van der Waals surface area contributed by atoms with Crippen LogP contribution >= 0.6 is 0 Å². The molecule has 0 radical (unpaired) electrons. The minimum atomic E-state index is 0.0127. The van der Waals surface area contributed by atoms with Gasteiger partial charge in [0.2, 0.25) is 0 Å². The molecule has 37 heavy (non-hydrogen) atoms. The number of aliphatic hydroxyl groups excluding tert-OH is 1. The molecule has 0 aliphatic heterocycles. The Morgan fingerprint density at radius 2 is 1.54 bits per heavy atom. The van der Waals surface area contributed by atoms with Crippen molar-refractivity contribution < 1.29 is 14.6 Å². The number of methoxy groups -OCH3 is 2. The Hall–Kier alpha value is -1.48. The average Bonchev–Trinajstić information content (AvgIpc) is 3.35. The van der Waals surface area contributed by atoms with Gasteiger partial charge in [-0.1, -0.05) is 84.3 Å². The zero-order chi connectivity index (χ0) is 26.9. The third-order valence-electron chi connectivity index (χ3n) is 9.06. The summed E-state index contributed by atoms with van der Waals surface area (Å²) in [4.78, 5) is 0. The van der Waals surface area contributed by atoms with Crippen molar-refractivity contribution in [1.29, 1.82) is 0 Å². The fourth-order valence-electron chi connectivity index (χ4n) is 6.49. The molecule has 3 rings (SSSR count). The van der Waals surface area contributed by atoms with E-state index in [0.717, 1.165) is 62.5 Å². The van der Waals surface area contributed by atoms with E-state index in [1.807, 2.05) is 21.0 Å². The summed E-state index contributed by atoms with van der Waals surface area (Å²) >= 11 is 0. The van der Waals surface area contributed by atoms with E-state index in [1.165, 1.54) is 81.8 Å². The maximum absolute atomic E-state index is 10.1. The van der Waals surface area contributed by atoms with Crippen LogP contribution in [-0.4, -0.2) is 24.9 Å². The summed E-state index contributed by atoms with van der Waals surface area (Å²) in [6.07, 6.45) is 22.2. The van der Waals surface area contributed by atoms with Crippen molar-refractivity contribution in [2.75, 3.05) is 14.2 Å². The van der Waals surface area contributed by atoms with Crippen LogP contribution in [0.1, 0.15) is 135 Å². The molecular weight excluding hydrogens is 456 g/mol. The lowest BCUT2D eigenvalue weighted by molar-refractivity contribution is -0.0368. The van der Waals surface area contributed by atoms with Crippen LogP contribution in [0.15, 0.2) is 35.6 Å². The van der Waals surface area contributed by atoms with Gasteiger partial charge in [0.25, 0.3) is 0 Å². The number of rotatable bonds is 17. The molecule has 3 atom stereocenters. The van der Waals surface area contributed by atoms with Crippen LogP contribution in [0.4, 0.5) is 0 Å². The lowest BCUT2D eigenvalue weighted by Gasteiger charge is -2.34. The van der Waals surface area contributed by atoms with Crippen LogP contribution in [0, 0.1) is 11.8 Å². The lowest BCUT2D eigenvalue weighted by atomic mass is 9.80. The number of allylic oxidation sites excluding steroid dienone is 2. The summed E-state index contributed by atoms with van der Waals surface area (Å²) in [6.45, 7) is 6.29. The Bertz CT molecular complexity index is 747. The third kappa shape index (κ3) is 10.7. The molecule has 0 bridgehead atoms. The van der Waals surface area contributed by atoms with Crippen molar-refractivity contribution in [3.05, 3.63) is 41.2 Å². The Labute approximate surface area is 229 Å². The molecule has 0 saturated heterocycles. The summed E-state index contributed by atoms with van der Waals surface area (Å²) in [6, 6.07) is 8.54. The van der Waals surface area contributed by atoms with Gasteiger partial charge in [-0.2, -0.15) is 0 Å². The number of benzene rings is 1. The first kappa shape index (κ1) is 31.7. The molecule has 3 heteroatoms. The summed E-state index contributed by atoms with van der Waals surface area (Å²) in [5, 5.41) is 10.1. The molecule has 0 aromatic heterocycles. The van der Waals surface area contributed by atoms with E-state index in [9.17, 15) is 5.11 Å². The number of hydrogen-bond acceptors (Lipinski definition) is 3.